The second-order valence-electron chi connectivity index (χ2n) is 3.78. The Morgan fingerprint density at radius 3 is 2.83 bits per heavy atom. The number of hydrogen-bond donors (Lipinski definition) is 1. The van der Waals surface area contributed by atoms with Crippen LogP contribution in [0.2, 0.25) is 0 Å². The third kappa shape index (κ3) is 2.59. The molecule has 1 aromatic carbocycles. The Hall–Kier alpha value is -1.27. The average Bonchev–Trinajstić information content (AvgIpc) is 2.65. The normalized spacial score (nSPS) is 10.4. The summed E-state index contributed by atoms with van der Waals surface area (Å²) in [5.41, 5.74) is 1.83. The first-order valence-corrected chi connectivity index (χ1v) is 6.75. The molecule has 1 heterocycles. The lowest BCUT2D eigenvalue weighted by Gasteiger charge is -2.06. The maximum Gasteiger partial charge on any atom is 0.164 e. The van der Waals surface area contributed by atoms with E-state index in [2.05, 4.69) is 25.6 Å². The minimum atomic E-state index is -0.356. The number of carbonyl (C=O) groups excluding carboxylic acids is 1. The maximum absolute atomic E-state index is 13.4. The maximum atomic E-state index is 13.4. The number of ketones is 1. The fourth-order valence-corrected chi connectivity index (χ4v) is 2.69. The highest BCUT2D eigenvalue weighted by Gasteiger charge is 2.15. The molecular weight excluding hydrogens is 319 g/mol. The molecule has 0 spiro atoms. The van der Waals surface area contributed by atoms with E-state index in [1.165, 1.54) is 24.5 Å². The van der Waals surface area contributed by atoms with Crippen molar-refractivity contribution < 1.29 is 9.18 Å². The number of aromatic nitrogens is 1. The van der Waals surface area contributed by atoms with Crippen LogP contribution in [0.15, 0.2) is 22.7 Å². The predicted octanol–water partition coefficient (Wildman–Crippen LogP) is 4.30. The van der Waals surface area contributed by atoms with E-state index in [1.54, 1.807) is 19.1 Å². The molecule has 0 saturated carbocycles. The molecule has 0 saturated heterocycles. The number of nitrogens with one attached hydrogen (secondary N) is 1. The standard InChI is InChI=1S/C12H10BrFN2OS/c1-6-11(7(2)17)12(18-16-6)15-8-3-4-9(13)10(14)5-8/h3-5,15H,1-2H3. The van der Waals surface area contributed by atoms with Crippen molar-refractivity contribution in [3.8, 4) is 0 Å². The summed E-state index contributed by atoms with van der Waals surface area (Å²) in [5, 5.41) is 3.66. The predicted molar refractivity (Wildman–Crippen MR) is 74.2 cm³/mol. The van der Waals surface area contributed by atoms with Gasteiger partial charge in [-0.25, -0.2) is 4.39 Å². The minimum absolute atomic E-state index is 0.0543. The van der Waals surface area contributed by atoms with Crippen molar-refractivity contribution in [2.75, 3.05) is 5.32 Å². The Morgan fingerprint density at radius 1 is 1.50 bits per heavy atom. The van der Waals surface area contributed by atoms with Gasteiger partial charge in [-0.2, -0.15) is 4.37 Å². The summed E-state index contributed by atoms with van der Waals surface area (Å²) < 4.78 is 17.9. The summed E-state index contributed by atoms with van der Waals surface area (Å²) in [5.74, 6) is -0.410. The molecule has 0 bridgehead atoms. The van der Waals surface area contributed by atoms with Gasteiger partial charge in [0.1, 0.15) is 10.8 Å². The second-order valence-corrected chi connectivity index (χ2v) is 5.41. The molecule has 18 heavy (non-hydrogen) atoms. The van der Waals surface area contributed by atoms with E-state index < -0.39 is 0 Å². The highest BCUT2D eigenvalue weighted by molar-refractivity contribution is 9.10. The number of Topliss-reactive ketones (excluding diaryl/α,β-unsaturated/α-hetero) is 1. The van der Waals surface area contributed by atoms with Gasteiger partial charge in [-0.3, -0.25) is 4.79 Å². The van der Waals surface area contributed by atoms with Gasteiger partial charge in [-0.15, -0.1) is 0 Å². The monoisotopic (exact) mass is 328 g/mol. The fourth-order valence-electron chi connectivity index (χ4n) is 1.57. The van der Waals surface area contributed by atoms with E-state index in [-0.39, 0.29) is 11.6 Å². The first kappa shape index (κ1) is 13.2. The van der Waals surface area contributed by atoms with Crippen molar-refractivity contribution in [1.82, 2.24) is 4.37 Å². The third-order valence-electron chi connectivity index (χ3n) is 2.39. The van der Waals surface area contributed by atoms with Crippen LogP contribution in [0.1, 0.15) is 23.0 Å². The minimum Gasteiger partial charge on any atom is -0.345 e. The highest BCUT2D eigenvalue weighted by atomic mass is 79.9. The number of nitrogens with zero attached hydrogens (tertiary/aromatic N) is 1. The molecule has 1 N–H and O–H groups in total. The number of aryl methyl sites for hydroxylation is 1. The van der Waals surface area contributed by atoms with Crippen LogP contribution in [0.4, 0.5) is 15.1 Å². The van der Waals surface area contributed by atoms with Crippen molar-refractivity contribution in [3.63, 3.8) is 0 Å². The number of rotatable bonds is 3. The molecule has 0 unspecified atom stereocenters. The SMILES string of the molecule is CC(=O)c1c(C)nsc1Nc1ccc(Br)c(F)c1. The van der Waals surface area contributed by atoms with Crippen LogP contribution in [0, 0.1) is 12.7 Å². The summed E-state index contributed by atoms with van der Waals surface area (Å²) in [6.07, 6.45) is 0. The Morgan fingerprint density at radius 2 is 2.22 bits per heavy atom. The summed E-state index contributed by atoms with van der Waals surface area (Å²) in [6.45, 7) is 3.27. The van der Waals surface area contributed by atoms with Crippen molar-refractivity contribution >= 4 is 43.9 Å². The van der Waals surface area contributed by atoms with Crippen LogP contribution in [0.5, 0.6) is 0 Å². The number of anilines is 2. The zero-order valence-corrected chi connectivity index (χ0v) is 12.2. The molecule has 0 atom stereocenters. The van der Waals surface area contributed by atoms with Gasteiger partial charge >= 0.3 is 0 Å². The Balaban J connectivity index is 2.34. The first-order valence-electron chi connectivity index (χ1n) is 5.18. The molecule has 0 fully saturated rings. The average molecular weight is 329 g/mol. The molecule has 1 aromatic heterocycles. The van der Waals surface area contributed by atoms with E-state index in [9.17, 15) is 9.18 Å². The zero-order valence-electron chi connectivity index (χ0n) is 9.75. The Bertz CT molecular complexity index is 612. The van der Waals surface area contributed by atoms with Crippen LogP contribution in [0.3, 0.4) is 0 Å². The summed E-state index contributed by atoms with van der Waals surface area (Å²) in [6, 6.07) is 4.70. The molecular formula is C12H10BrFN2OS. The fraction of sp³-hybridized carbons (Fsp3) is 0.167. The van der Waals surface area contributed by atoms with E-state index in [4.69, 9.17) is 0 Å². The molecule has 2 rings (SSSR count). The first-order chi connectivity index (χ1) is 8.49. The van der Waals surface area contributed by atoms with Crippen LogP contribution in [-0.2, 0) is 0 Å². The van der Waals surface area contributed by atoms with Gasteiger partial charge < -0.3 is 5.32 Å². The van der Waals surface area contributed by atoms with Gasteiger partial charge in [0, 0.05) is 5.69 Å². The second kappa shape index (κ2) is 5.16. The number of carbonyl (C=O) groups is 1. The summed E-state index contributed by atoms with van der Waals surface area (Å²) in [7, 11) is 0. The van der Waals surface area contributed by atoms with Crippen molar-refractivity contribution in [1.29, 1.82) is 0 Å². The molecule has 0 aliphatic heterocycles. The van der Waals surface area contributed by atoms with E-state index in [0.29, 0.717) is 26.4 Å². The van der Waals surface area contributed by atoms with E-state index in [0.717, 1.165) is 0 Å². The van der Waals surface area contributed by atoms with Gasteiger partial charge in [0.25, 0.3) is 0 Å². The highest BCUT2D eigenvalue weighted by Crippen LogP contribution is 2.29. The number of hydrogen-bond acceptors (Lipinski definition) is 4. The Labute approximate surface area is 116 Å². The molecule has 2 aromatic rings. The zero-order chi connectivity index (χ0) is 13.3. The van der Waals surface area contributed by atoms with E-state index >= 15 is 0 Å². The smallest absolute Gasteiger partial charge is 0.164 e. The lowest BCUT2D eigenvalue weighted by Crippen LogP contribution is -1.98. The molecule has 6 heteroatoms. The molecule has 3 nitrogen and oxygen atoms in total. The molecule has 0 amide bonds. The number of halogens is 2. The van der Waals surface area contributed by atoms with Crippen LogP contribution >= 0.6 is 27.5 Å². The van der Waals surface area contributed by atoms with Gasteiger partial charge in [0.2, 0.25) is 0 Å². The molecule has 0 aliphatic carbocycles. The van der Waals surface area contributed by atoms with Gasteiger partial charge in [0.05, 0.1) is 15.7 Å². The van der Waals surface area contributed by atoms with Crippen molar-refractivity contribution in [3.05, 3.63) is 39.7 Å². The summed E-state index contributed by atoms with van der Waals surface area (Å²) >= 11 is 4.28. The lowest BCUT2D eigenvalue weighted by molar-refractivity contribution is 0.101. The van der Waals surface area contributed by atoms with Gasteiger partial charge in [0.15, 0.2) is 5.78 Å². The van der Waals surface area contributed by atoms with Crippen molar-refractivity contribution in [2.45, 2.75) is 13.8 Å². The van der Waals surface area contributed by atoms with Crippen LogP contribution in [0.25, 0.3) is 0 Å². The van der Waals surface area contributed by atoms with Crippen LogP contribution < -0.4 is 5.32 Å². The van der Waals surface area contributed by atoms with Crippen molar-refractivity contribution in [2.24, 2.45) is 0 Å². The Kier molecular flexibility index (Phi) is 3.77. The largest absolute Gasteiger partial charge is 0.345 e. The van der Waals surface area contributed by atoms with E-state index in [1.807, 2.05) is 0 Å². The topological polar surface area (TPSA) is 42.0 Å². The molecule has 0 aliphatic rings. The summed E-state index contributed by atoms with van der Waals surface area (Å²) in [4.78, 5) is 11.5. The lowest BCUT2D eigenvalue weighted by atomic mass is 10.2. The molecule has 0 radical (unpaired) electrons. The third-order valence-corrected chi connectivity index (χ3v) is 3.89. The number of benzene rings is 1. The van der Waals surface area contributed by atoms with Gasteiger partial charge in [-0.05, 0) is 59.5 Å². The van der Waals surface area contributed by atoms with Gasteiger partial charge in [-0.1, -0.05) is 0 Å². The quantitative estimate of drug-likeness (QED) is 0.854. The molecule has 94 valence electrons. The van der Waals surface area contributed by atoms with Crippen LogP contribution in [-0.4, -0.2) is 10.2 Å².